The number of rotatable bonds is 3. The molecular weight excluding hydrogens is 180 g/mol. The third-order valence-corrected chi connectivity index (χ3v) is 2.76. The van der Waals surface area contributed by atoms with Gasteiger partial charge in [-0.15, -0.1) is 0 Å². The van der Waals surface area contributed by atoms with Gasteiger partial charge in [-0.2, -0.15) is 5.26 Å². The fraction of sp³-hybridized carbons (Fsp3) is 0.800. The Morgan fingerprint density at radius 1 is 1.50 bits per heavy atom. The second-order valence-corrected chi connectivity index (χ2v) is 3.90. The molecule has 1 rings (SSSR count). The molecule has 0 bridgehead atoms. The van der Waals surface area contributed by atoms with Crippen molar-refractivity contribution in [1.29, 1.82) is 5.26 Å². The molecule has 0 amide bonds. The van der Waals surface area contributed by atoms with Gasteiger partial charge in [-0.1, -0.05) is 0 Å². The van der Waals surface area contributed by atoms with E-state index >= 15 is 0 Å². The van der Waals surface area contributed by atoms with Crippen LogP contribution < -0.4 is 5.32 Å². The lowest BCUT2D eigenvalue weighted by atomic mass is 9.86. The number of carboxylic acids is 1. The second kappa shape index (κ2) is 4.97. The minimum absolute atomic E-state index is 0.138. The molecule has 0 heterocycles. The fourth-order valence-electron chi connectivity index (χ4n) is 1.90. The quantitative estimate of drug-likeness (QED) is 0.709. The Kier molecular flexibility index (Phi) is 3.90. The van der Waals surface area contributed by atoms with Crippen molar-refractivity contribution in [2.24, 2.45) is 5.92 Å². The van der Waals surface area contributed by atoms with E-state index in [4.69, 9.17) is 10.4 Å². The molecule has 0 spiro atoms. The standard InChI is InChI=1S/C10H16N2O2/c1-7(6-11)12-9-4-2-8(3-5-9)10(13)14/h7-9,12H,2-5H2,1H3,(H,13,14). The van der Waals surface area contributed by atoms with Gasteiger partial charge in [0.1, 0.15) is 0 Å². The Labute approximate surface area is 83.9 Å². The molecular formula is C10H16N2O2. The number of hydrogen-bond acceptors (Lipinski definition) is 3. The van der Waals surface area contributed by atoms with Gasteiger partial charge in [0.15, 0.2) is 0 Å². The molecule has 1 atom stereocenters. The van der Waals surface area contributed by atoms with Crippen molar-refractivity contribution in [2.45, 2.75) is 44.7 Å². The summed E-state index contributed by atoms with van der Waals surface area (Å²) in [5.41, 5.74) is 0. The number of nitrogens with zero attached hydrogens (tertiary/aromatic N) is 1. The van der Waals surface area contributed by atoms with Crippen molar-refractivity contribution in [3.05, 3.63) is 0 Å². The van der Waals surface area contributed by atoms with Gasteiger partial charge in [0.05, 0.1) is 18.0 Å². The van der Waals surface area contributed by atoms with Crippen LogP contribution in [0.5, 0.6) is 0 Å². The van der Waals surface area contributed by atoms with Gasteiger partial charge in [-0.3, -0.25) is 10.1 Å². The molecule has 78 valence electrons. The van der Waals surface area contributed by atoms with Gasteiger partial charge in [-0.25, -0.2) is 0 Å². The second-order valence-electron chi connectivity index (χ2n) is 3.90. The molecule has 2 N–H and O–H groups in total. The van der Waals surface area contributed by atoms with Crippen molar-refractivity contribution in [3.63, 3.8) is 0 Å². The van der Waals surface area contributed by atoms with E-state index in [9.17, 15) is 4.79 Å². The van der Waals surface area contributed by atoms with Crippen LogP contribution in [0.3, 0.4) is 0 Å². The third-order valence-electron chi connectivity index (χ3n) is 2.76. The zero-order valence-corrected chi connectivity index (χ0v) is 8.36. The molecule has 0 aromatic rings. The first-order chi connectivity index (χ1) is 6.63. The van der Waals surface area contributed by atoms with Gasteiger partial charge >= 0.3 is 5.97 Å². The predicted octanol–water partition coefficient (Wildman–Crippen LogP) is 1.13. The summed E-state index contributed by atoms with van der Waals surface area (Å²) >= 11 is 0. The Bertz CT molecular complexity index is 239. The van der Waals surface area contributed by atoms with Crippen LogP contribution in [-0.4, -0.2) is 23.2 Å². The molecule has 1 unspecified atom stereocenters. The minimum atomic E-state index is -0.684. The maximum absolute atomic E-state index is 10.7. The highest BCUT2D eigenvalue weighted by Gasteiger charge is 2.26. The molecule has 0 aliphatic heterocycles. The Morgan fingerprint density at radius 3 is 2.50 bits per heavy atom. The molecule has 1 aliphatic rings. The molecule has 4 nitrogen and oxygen atoms in total. The zero-order valence-electron chi connectivity index (χ0n) is 8.36. The molecule has 14 heavy (non-hydrogen) atoms. The maximum atomic E-state index is 10.7. The maximum Gasteiger partial charge on any atom is 0.306 e. The number of hydrogen-bond donors (Lipinski definition) is 2. The summed E-state index contributed by atoms with van der Waals surface area (Å²) in [6.45, 7) is 1.82. The molecule has 0 radical (unpaired) electrons. The van der Waals surface area contributed by atoms with Crippen LogP contribution in [0.4, 0.5) is 0 Å². The Morgan fingerprint density at radius 2 is 2.07 bits per heavy atom. The summed E-state index contributed by atoms with van der Waals surface area (Å²) in [7, 11) is 0. The van der Waals surface area contributed by atoms with Crippen LogP contribution in [0.1, 0.15) is 32.6 Å². The molecule has 0 aromatic carbocycles. The van der Waals surface area contributed by atoms with Crippen LogP contribution in [0.25, 0.3) is 0 Å². The van der Waals surface area contributed by atoms with E-state index < -0.39 is 5.97 Å². The fourth-order valence-corrected chi connectivity index (χ4v) is 1.90. The summed E-state index contributed by atoms with van der Waals surface area (Å²) in [5, 5.41) is 20.6. The smallest absolute Gasteiger partial charge is 0.306 e. The number of nitriles is 1. The molecule has 1 aliphatic carbocycles. The summed E-state index contributed by atoms with van der Waals surface area (Å²) in [4.78, 5) is 10.7. The van der Waals surface area contributed by atoms with Crippen LogP contribution in [0.15, 0.2) is 0 Å². The normalized spacial score (nSPS) is 29.1. The number of carboxylic acid groups (broad SMARTS) is 1. The van der Waals surface area contributed by atoms with Crippen molar-refractivity contribution in [1.82, 2.24) is 5.32 Å². The lowest BCUT2D eigenvalue weighted by molar-refractivity contribution is -0.142. The molecule has 0 aromatic heterocycles. The SMILES string of the molecule is CC(C#N)NC1CCC(C(=O)O)CC1. The number of carbonyl (C=O) groups is 1. The Balaban J connectivity index is 2.29. The van der Waals surface area contributed by atoms with E-state index in [0.717, 1.165) is 25.7 Å². The largest absolute Gasteiger partial charge is 0.481 e. The van der Waals surface area contributed by atoms with E-state index in [1.807, 2.05) is 6.92 Å². The van der Waals surface area contributed by atoms with Crippen molar-refractivity contribution in [2.75, 3.05) is 0 Å². The average Bonchev–Trinajstić information content (AvgIpc) is 2.18. The first kappa shape index (κ1) is 11.0. The highest BCUT2D eigenvalue weighted by Crippen LogP contribution is 2.24. The summed E-state index contributed by atoms with van der Waals surface area (Å²) < 4.78 is 0. The lowest BCUT2D eigenvalue weighted by Gasteiger charge is -2.27. The topological polar surface area (TPSA) is 73.1 Å². The minimum Gasteiger partial charge on any atom is -0.481 e. The highest BCUT2D eigenvalue weighted by atomic mass is 16.4. The van der Waals surface area contributed by atoms with Crippen molar-refractivity contribution >= 4 is 5.97 Å². The van der Waals surface area contributed by atoms with Crippen LogP contribution >= 0.6 is 0 Å². The molecule has 1 saturated carbocycles. The van der Waals surface area contributed by atoms with Gasteiger partial charge in [0, 0.05) is 6.04 Å². The lowest BCUT2D eigenvalue weighted by Crippen LogP contribution is -2.39. The molecule has 0 saturated heterocycles. The van der Waals surface area contributed by atoms with E-state index in [1.54, 1.807) is 0 Å². The van der Waals surface area contributed by atoms with Gasteiger partial charge in [-0.05, 0) is 32.6 Å². The van der Waals surface area contributed by atoms with Crippen molar-refractivity contribution < 1.29 is 9.90 Å². The van der Waals surface area contributed by atoms with Crippen LogP contribution in [-0.2, 0) is 4.79 Å². The van der Waals surface area contributed by atoms with E-state index in [1.165, 1.54) is 0 Å². The third kappa shape index (κ3) is 3.00. The van der Waals surface area contributed by atoms with Crippen LogP contribution in [0, 0.1) is 17.2 Å². The summed E-state index contributed by atoms with van der Waals surface area (Å²) in [6, 6.07) is 2.30. The summed E-state index contributed by atoms with van der Waals surface area (Å²) in [5.74, 6) is -0.859. The van der Waals surface area contributed by atoms with Gasteiger partial charge in [0.25, 0.3) is 0 Å². The molecule has 4 heteroatoms. The van der Waals surface area contributed by atoms with Gasteiger partial charge < -0.3 is 5.11 Å². The summed E-state index contributed by atoms with van der Waals surface area (Å²) in [6.07, 6.45) is 3.18. The predicted molar refractivity (Wildman–Crippen MR) is 51.6 cm³/mol. The van der Waals surface area contributed by atoms with E-state index in [0.29, 0.717) is 6.04 Å². The van der Waals surface area contributed by atoms with Gasteiger partial charge in [0.2, 0.25) is 0 Å². The monoisotopic (exact) mass is 196 g/mol. The van der Waals surface area contributed by atoms with Crippen LogP contribution in [0.2, 0.25) is 0 Å². The first-order valence-electron chi connectivity index (χ1n) is 5.02. The number of nitrogens with one attached hydrogen (secondary N) is 1. The average molecular weight is 196 g/mol. The van der Waals surface area contributed by atoms with E-state index in [2.05, 4.69) is 11.4 Å². The van der Waals surface area contributed by atoms with E-state index in [-0.39, 0.29) is 12.0 Å². The number of aliphatic carboxylic acids is 1. The highest BCUT2D eigenvalue weighted by molar-refractivity contribution is 5.70. The van der Waals surface area contributed by atoms with Crippen molar-refractivity contribution in [3.8, 4) is 6.07 Å². The molecule has 1 fully saturated rings. The zero-order chi connectivity index (χ0) is 10.6. The first-order valence-corrected chi connectivity index (χ1v) is 5.02. The Hall–Kier alpha value is -1.08.